The van der Waals surface area contributed by atoms with Gasteiger partial charge in [-0.05, 0) is 24.3 Å². The maximum absolute atomic E-state index is 11.8. The van der Waals surface area contributed by atoms with Gasteiger partial charge < -0.3 is 5.11 Å². The zero-order chi connectivity index (χ0) is 12.3. The lowest BCUT2D eigenvalue weighted by Gasteiger charge is -2.12. The quantitative estimate of drug-likeness (QED) is 0.687. The number of aliphatic carboxylic acids is 1. The van der Waals surface area contributed by atoms with Gasteiger partial charge in [0.2, 0.25) is 0 Å². The third kappa shape index (κ3) is 3.06. The molecule has 0 saturated heterocycles. The van der Waals surface area contributed by atoms with Crippen molar-refractivity contribution in [2.24, 2.45) is 5.92 Å². The van der Waals surface area contributed by atoms with Crippen LogP contribution < -0.4 is 0 Å². The van der Waals surface area contributed by atoms with Crippen molar-refractivity contribution >= 4 is 39.3 Å². The Hall–Kier alpha value is -0.870. The van der Waals surface area contributed by atoms with Crippen LogP contribution in [0.5, 0.6) is 0 Å². The van der Waals surface area contributed by atoms with E-state index in [2.05, 4.69) is 15.9 Å². The molecule has 1 rings (SSSR count). The van der Waals surface area contributed by atoms with Gasteiger partial charge in [-0.15, -0.1) is 0 Å². The van der Waals surface area contributed by atoms with Crippen LogP contribution >= 0.6 is 27.5 Å². The van der Waals surface area contributed by atoms with E-state index >= 15 is 0 Å². The smallest absolute Gasteiger partial charge is 0.307 e. The van der Waals surface area contributed by atoms with Crippen molar-refractivity contribution < 1.29 is 14.7 Å². The first-order valence-corrected chi connectivity index (χ1v) is 5.89. The summed E-state index contributed by atoms with van der Waals surface area (Å²) in [4.78, 5) is 21.8. The number of hydrogen-bond donors (Lipinski definition) is 1. The van der Waals surface area contributed by atoms with Gasteiger partial charge in [-0.1, -0.05) is 34.5 Å². The minimum atomic E-state index is -1.01. The monoisotopic (exact) mass is 304 g/mol. The molecule has 0 saturated carbocycles. The number of carbonyl (C=O) groups is 2. The molecule has 1 aromatic rings. The summed E-state index contributed by atoms with van der Waals surface area (Å²) in [6.07, 6.45) is 0. The Bertz CT molecular complexity index is 402. The Balaban J connectivity index is 2.86. The fourth-order valence-corrected chi connectivity index (χ4v) is 1.74. The number of ketones is 1. The van der Waals surface area contributed by atoms with E-state index in [0.29, 0.717) is 10.6 Å². The fourth-order valence-electron chi connectivity index (χ4n) is 1.13. The Morgan fingerprint density at radius 3 is 2.25 bits per heavy atom. The number of Topliss-reactive ketones (excluding diaryl/α,β-unsaturated/α-hetero) is 1. The summed E-state index contributed by atoms with van der Waals surface area (Å²) in [5.74, 6) is -2.04. The van der Waals surface area contributed by atoms with Gasteiger partial charge in [0.25, 0.3) is 0 Å². The molecule has 0 fully saturated rings. The van der Waals surface area contributed by atoms with Crippen molar-refractivity contribution in [1.82, 2.24) is 0 Å². The second-order valence-electron chi connectivity index (χ2n) is 3.40. The molecule has 0 spiro atoms. The number of benzene rings is 1. The van der Waals surface area contributed by atoms with Gasteiger partial charge in [0, 0.05) is 10.6 Å². The number of carboxylic acids is 1. The first-order chi connectivity index (χ1) is 7.43. The molecule has 0 heterocycles. The van der Waals surface area contributed by atoms with E-state index in [1.807, 2.05) is 0 Å². The second-order valence-corrected chi connectivity index (χ2v) is 4.82. The van der Waals surface area contributed by atoms with Crippen LogP contribution in [0.2, 0.25) is 5.02 Å². The highest BCUT2D eigenvalue weighted by Gasteiger charge is 2.28. The SMILES string of the molecule is CC(C(=O)O)C(Br)C(=O)c1ccc(Cl)cc1. The van der Waals surface area contributed by atoms with Gasteiger partial charge in [0.05, 0.1) is 10.7 Å². The van der Waals surface area contributed by atoms with Crippen molar-refractivity contribution in [3.63, 3.8) is 0 Å². The van der Waals surface area contributed by atoms with Crippen LogP contribution in [0.15, 0.2) is 24.3 Å². The maximum Gasteiger partial charge on any atom is 0.307 e. The van der Waals surface area contributed by atoms with E-state index in [4.69, 9.17) is 16.7 Å². The van der Waals surface area contributed by atoms with Crippen LogP contribution in [-0.2, 0) is 4.79 Å². The molecule has 0 aromatic heterocycles. The summed E-state index contributed by atoms with van der Waals surface area (Å²) in [5.41, 5.74) is 0.444. The summed E-state index contributed by atoms with van der Waals surface area (Å²) in [6.45, 7) is 1.48. The van der Waals surface area contributed by atoms with Gasteiger partial charge in [0.15, 0.2) is 5.78 Å². The van der Waals surface area contributed by atoms with Gasteiger partial charge in [-0.25, -0.2) is 0 Å². The second kappa shape index (κ2) is 5.46. The number of rotatable bonds is 4. The normalized spacial score (nSPS) is 14.2. The highest BCUT2D eigenvalue weighted by atomic mass is 79.9. The molecule has 0 bridgehead atoms. The number of carboxylic acid groups (broad SMARTS) is 1. The number of hydrogen-bond acceptors (Lipinski definition) is 2. The molecule has 0 amide bonds. The highest BCUT2D eigenvalue weighted by molar-refractivity contribution is 9.10. The van der Waals surface area contributed by atoms with Crippen LogP contribution in [0.4, 0.5) is 0 Å². The lowest BCUT2D eigenvalue weighted by Crippen LogP contribution is -2.28. The Morgan fingerprint density at radius 1 is 1.31 bits per heavy atom. The topological polar surface area (TPSA) is 54.4 Å². The Kier molecular flexibility index (Phi) is 4.50. The Morgan fingerprint density at radius 2 is 1.81 bits per heavy atom. The average molecular weight is 306 g/mol. The number of halogens is 2. The molecule has 16 heavy (non-hydrogen) atoms. The zero-order valence-corrected chi connectivity index (χ0v) is 10.8. The van der Waals surface area contributed by atoms with E-state index in [9.17, 15) is 9.59 Å². The maximum atomic E-state index is 11.8. The molecule has 1 N–H and O–H groups in total. The predicted molar refractivity (Wildman–Crippen MR) is 65.3 cm³/mol. The lowest BCUT2D eigenvalue weighted by atomic mass is 10.00. The van der Waals surface area contributed by atoms with Crippen LogP contribution in [0, 0.1) is 5.92 Å². The van der Waals surface area contributed by atoms with Crippen molar-refractivity contribution in [1.29, 1.82) is 0 Å². The van der Waals surface area contributed by atoms with Crippen LogP contribution in [-0.4, -0.2) is 21.7 Å². The predicted octanol–water partition coefficient (Wildman–Crippen LogP) is 3.01. The van der Waals surface area contributed by atoms with Crippen LogP contribution in [0.1, 0.15) is 17.3 Å². The van der Waals surface area contributed by atoms with Crippen molar-refractivity contribution in [3.05, 3.63) is 34.9 Å². The van der Waals surface area contributed by atoms with Gasteiger partial charge in [-0.2, -0.15) is 0 Å². The third-order valence-electron chi connectivity index (χ3n) is 2.21. The van der Waals surface area contributed by atoms with E-state index in [-0.39, 0.29) is 5.78 Å². The number of alkyl halides is 1. The molecule has 2 atom stereocenters. The van der Waals surface area contributed by atoms with E-state index in [1.54, 1.807) is 24.3 Å². The van der Waals surface area contributed by atoms with Gasteiger partial charge >= 0.3 is 5.97 Å². The molecular formula is C11H10BrClO3. The average Bonchev–Trinajstić information content (AvgIpc) is 2.27. The van der Waals surface area contributed by atoms with E-state index in [0.717, 1.165) is 0 Å². The van der Waals surface area contributed by atoms with E-state index < -0.39 is 16.7 Å². The van der Waals surface area contributed by atoms with E-state index in [1.165, 1.54) is 6.92 Å². The summed E-state index contributed by atoms with van der Waals surface area (Å²) in [6, 6.07) is 6.35. The summed E-state index contributed by atoms with van der Waals surface area (Å²) < 4.78 is 0. The highest BCUT2D eigenvalue weighted by Crippen LogP contribution is 2.20. The number of carbonyl (C=O) groups excluding carboxylic acids is 1. The summed E-state index contributed by atoms with van der Waals surface area (Å²) in [5, 5.41) is 9.33. The molecule has 86 valence electrons. The molecule has 2 unspecified atom stereocenters. The minimum Gasteiger partial charge on any atom is -0.481 e. The van der Waals surface area contributed by atoms with Crippen molar-refractivity contribution in [3.8, 4) is 0 Å². The van der Waals surface area contributed by atoms with Crippen molar-refractivity contribution in [2.45, 2.75) is 11.8 Å². The minimum absolute atomic E-state index is 0.258. The molecular weight excluding hydrogens is 295 g/mol. The lowest BCUT2D eigenvalue weighted by molar-refractivity contribution is -0.140. The summed E-state index contributed by atoms with van der Waals surface area (Å²) in [7, 11) is 0. The van der Waals surface area contributed by atoms with Crippen LogP contribution in [0.3, 0.4) is 0 Å². The molecule has 1 aromatic carbocycles. The Labute approximate surface area is 107 Å². The molecule has 0 aliphatic rings. The van der Waals surface area contributed by atoms with Gasteiger partial charge in [-0.3, -0.25) is 9.59 Å². The standard InChI is InChI=1S/C11H10BrClO3/c1-6(11(15)16)9(12)10(14)7-2-4-8(13)5-3-7/h2-6,9H,1H3,(H,15,16). The fraction of sp³-hybridized carbons (Fsp3) is 0.273. The molecule has 0 aliphatic carbocycles. The summed E-state index contributed by atoms with van der Waals surface area (Å²) >= 11 is 8.79. The zero-order valence-electron chi connectivity index (χ0n) is 8.48. The first kappa shape index (κ1) is 13.2. The third-order valence-corrected chi connectivity index (χ3v) is 3.67. The molecule has 0 aliphatic heterocycles. The van der Waals surface area contributed by atoms with Gasteiger partial charge in [0.1, 0.15) is 0 Å². The van der Waals surface area contributed by atoms with Crippen LogP contribution in [0.25, 0.3) is 0 Å². The molecule has 3 nitrogen and oxygen atoms in total. The largest absolute Gasteiger partial charge is 0.481 e. The van der Waals surface area contributed by atoms with Crippen molar-refractivity contribution in [2.75, 3.05) is 0 Å². The first-order valence-electron chi connectivity index (χ1n) is 4.60. The molecule has 5 heteroatoms. The molecule has 0 radical (unpaired) electrons.